The molecule has 7 heteroatoms. The summed E-state index contributed by atoms with van der Waals surface area (Å²) in [6.07, 6.45) is 0.742. The first-order valence-electron chi connectivity index (χ1n) is 8.46. The van der Waals surface area contributed by atoms with Crippen molar-refractivity contribution in [2.24, 2.45) is 11.1 Å². The van der Waals surface area contributed by atoms with Crippen LogP contribution in [0, 0.1) is 19.3 Å². The average Bonchev–Trinajstić information content (AvgIpc) is 2.51. The molecule has 1 aromatic rings. The van der Waals surface area contributed by atoms with Gasteiger partial charge in [0, 0.05) is 38.8 Å². The lowest BCUT2D eigenvalue weighted by molar-refractivity contribution is 0.0532. The lowest BCUT2D eigenvalue weighted by Gasteiger charge is -2.42. The molecular formula is C18H29N3O3S. The topological polar surface area (TPSA) is 83.7 Å². The van der Waals surface area contributed by atoms with E-state index in [4.69, 9.17) is 5.73 Å². The summed E-state index contributed by atoms with van der Waals surface area (Å²) in [5, 5.41) is 0. The highest BCUT2D eigenvalue weighted by Crippen LogP contribution is 2.30. The Hall–Kier alpha value is -1.44. The van der Waals surface area contributed by atoms with Crippen molar-refractivity contribution in [2.75, 3.05) is 27.2 Å². The van der Waals surface area contributed by atoms with Crippen LogP contribution in [0.5, 0.6) is 0 Å². The first-order chi connectivity index (χ1) is 11.4. The van der Waals surface area contributed by atoms with Crippen LogP contribution in [-0.2, 0) is 10.0 Å². The van der Waals surface area contributed by atoms with Crippen molar-refractivity contribution in [3.8, 4) is 0 Å². The number of nitrogens with zero attached hydrogens (tertiary/aromatic N) is 2. The van der Waals surface area contributed by atoms with Crippen LogP contribution in [0.3, 0.4) is 0 Å². The molecular weight excluding hydrogens is 338 g/mol. The van der Waals surface area contributed by atoms with Gasteiger partial charge in [-0.3, -0.25) is 4.79 Å². The summed E-state index contributed by atoms with van der Waals surface area (Å²) in [5.74, 6) is -0.140. The predicted molar refractivity (Wildman–Crippen MR) is 99.1 cm³/mol. The molecule has 1 aliphatic heterocycles. The summed E-state index contributed by atoms with van der Waals surface area (Å²) in [6.45, 7) is 8.86. The van der Waals surface area contributed by atoms with Crippen LogP contribution in [-0.4, -0.2) is 56.8 Å². The maximum Gasteiger partial charge on any atom is 0.253 e. The van der Waals surface area contributed by atoms with E-state index in [1.165, 1.54) is 24.5 Å². The smallest absolute Gasteiger partial charge is 0.253 e. The molecule has 2 rings (SSSR count). The van der Waals surface area contributed by atoms with Crippen molar-refractivity contribution in [2.45, 2.75) is 45.1 Å². The van der Waals surface area contributed by atoms with Gasteiger partial charge in [-0.25, -0.2) is 12.7 Å². The molecule has 1 heterocycles. The second-order valence-electron chi connectivity index (χ2n) is 7.81. The third-order valence-electron chi connectivity index (χ3n) is 5.22. The van der Waals surface area contributed by atoms with E-state index >= 15 is 0 Å². The monoisotopic (exact) mass is 367 g/mol. The molecule has 6 nitrogen and oxygen atoms in total. The number of benzene rings is 1. The number of carbonyl (C=O) groups is 1. The Balaban J connectivity index is 2.44. The van der Waals surface area contributed by atoms with Gasteiger partial charge in [-0.15, -0.1) is 0 Å². The zero-order valence-corrected chi connectivity index (χ0v) is 16.8. The van der Waals surface area contributed by atoms with E-state index in [1.54, 1.807) is 17.9 Å². The quantitative estimate of drug-likeness (QED) is 0.882. The van der Waals surface area contributed by atoms with E-state index < -0.39 is 10.0 Å². The van der Waals surface area contributed by atoms with Gasteiger partial charge in [-0.1, -0.05) is 13.8 Å². The van der Waals surface area contributed by atoms with E-state index in [-0.39, 0.29) is 22.3 Å². The molecule has 0 radical (unpaired) electrons. The fourth-order valence-corrected chi connectivity index (χ4v) is 4.36. The number of rotatable bonds is 3. The Morgan fingerprint density at radius 3 is 2.40 bits per heavy atom. The van der Waals surface area contributed by atoms with Crippen molar-refractivity contribution >= 4 is 15.9 Å². The number of sulfonamides is 1. The summed E-state index contributed by atoms with van der Waals surface area (Å²) >= 11 is 0. The summed E-state index contributed by atoms with van der Waals surface area (Å²) < 4.78 is 26.3. The Morgan fingerprint density at radius 1 is 1.28 bits per heavy atom. The van der Waals surface area contributed by atoms with Crippen molar-refractivity contribution < 1.29 is 13.2 Å². The average molecular weight is 368 g/mol. The zero-order valence-electron chi connectivity index (χ0n) is 16.0. The third-order valence-corrected chi connectivity index (χ3v) is 7.17. The normalized spacial score (nSPS) is 20.8. The van der Waals surface area contributed by atoms with Crippen LogP contribution in [0.1, 0.15) is 41.8 Å². The van der Waals surface area contributed by atoms with Crippen molar-refractivity contribution in [3.05, 3.63) is 28.8 Å². The maximum absolute atomic E-state index is 13.0. The molecule has 1 fully saturated rings. The van der Waals surface area contributed by atoms with Crippen LogP contribution in [0.4, 0.5) is 0 Å². The van der Waals surface area contributed by atoms with Gasteiger partial charge in [0.15, 0.2) is 0 Å². The fourth-order valence-electron chi connectivity index (χ4n) is 3.14. The van der Waals surface area contributed by atoms with E-state index in [1.807, 2.05) is 6.92 Å². The van der Waals surface area contributed by atoms with Crippen molar-refractivity contribution in [1.29, 1.82) is 0 Å². The van der Waals surface area contributed by atoms with E-state index in [0.29, 0.717) is 24.2 Å². The number of nitrogens with two attached hydrogens (primary N) is 1. The molecule has 140 valence electrons. The van der Waals surface area contributed by atoms with E-state index in [9.17, 15) is 13.2 Å². The largest absolute Gasteiger partial charge is 0.338 e. The number of amides is 1. The molecule has 0 aliphatic carbocycles. The Bertz CT molecular complexity index is 785. The van der Waals surface area contributed by atoms with Gasteiger partial charge >= 0.3 is 0 Å². The number of aryl methyl sites for hydroxylation is 1. The third kappa shape index (κ3) is 3.73. The lowest BCUT2D eigenvalue weighted by Crippen LogP contribution is -2.54. The highest BCUT2D eigenvalue weighted by molar-refractivity contribution is 7.89. The fraction of sp³-hybridized carbons (Fsp3) is 0.611. The molecule has 2 N–H and O–H groups in total. The Kier molecular flexibility index (Phi) is 5.33. The van der Waals surface area contributed by atoms with Crippen LogP contribution >= 0.6 is 0 Å². The van der Waals surface area contributed by atoms with E-state index in [2.05, 4.69) is 13.8 Å². The molecule has 0 aromatic heterocycles. The van der Waals surface area contributed by atoms with Crippen LogP contribution in [0.25, 0.3) is 0 Å². The lowest BCUT2D eigenvalue weighted by atomic mass is 9.79. The molecule has 1 saturated heterocycles. The van der Waals surface area contributed by atoms with Gasteiger partial charge < -0.3 is 10.6 Å². The van der Waals surface area contributed by atoms with Crippen molar-refractivity contribution in [3.63, 3.8) is 0 Å². The molecule has 1 unspecified atom stereocenters. The van der Waals surface area contributed by atoms with Gasteiger partial charge in [0.1, 0.15) is 0 Å². The van der Waals surface area contributed by atoms with Crippen LogP contribution in [0.15, 0.2) is 17.0 Å². The minimum absolute atomic E-state index is 0.0565. The molecule has 1 amide bonds. The van der Waals surface area contributed by atoms with Gasteiger partial charge in [-0.2, -0.15) is 0 Å². The summed E-state index contributed by atoms with van der Waals surface area (Å²) in [5.41, 5.74) is 7.86. The number of hydrogen-bond acceptors (Lipinski definition) is 4. The first-order valence-corrected chi connectivity index (χ1v) is 9.90. The second kappa shape index (κ2) is 6.70. The molecule has 0 saturated carbocycles. The van der Waals surface area contributed by atoms with Gasteiger partial charge in [-0.05, 0) is 48.9 Å². The standard InChI is InChI=1S/C18H29N3O3S/c1-12-9-14(10-15(13(12)2)25(23,24)20(5)6)17(22)21-8-7-16(19)18(3,4)11-21/h9-10,16H,7-8,11,19H2,1-6H3. The van der Waals surface area contributed by atoms with Crippen LogP contribution < -0.4 is 5.73 Å². The Morgan fingerprint density at radius 2 is 1.88 bits per heavy atom. The molecule has 1 aliphatic rings. The highest BCUT2D eigenvalue weighted by atomic mass is 32.2. The number of carbonyl (C=O) groups excluding carboxylic acids is 1. The Labute approximate surface area is 151 Å². The maximum atomic E-state index is 13.0. The number of likely N-dealkylation sites (tertiary alicyclic amines) is 1. The van der Waals surface area contributed by atoms with Gasteiger partial charge in [0.25, 0.3) is 5.91 Å². The molecule has 0 spiro atoms. The van der Waals surface area contributed by atoms with Crippen LogP contribution in [0.2, 0.25) is 0 Å². The minimum Gasteiger partial charge on any atom is -0.338 e. The SMILES string of the molecule is Cc1cc(C(=O)N2CCC(N)C(C)(C)C2)cc(S(=O)(=O)N(C)C)c1C. The highest BCUT2D eigenvalue weighted by Gasteiger charge is 2.36. The zero-order chi connectivity index (χ0) is 19.2. The van der Waals surface area contributed by atoms with Crippen molar-refractivity contribution in [1.82, 2.24) is 9.21 Å². The molecule has 1 aromatic carbocycles. The molecule has 1 atom stereocenters. The van der Waals surface area contributed by atoms with E-state index in [0.717, 1.165) is 12.0 Å². The summed E-state index contributed by atoms with van der Waals surface area (Å²) in [7, 11) is -0.619. The number of piperidine rings is 1. The first kappa shape index (κ1) is 19.9. The predicted octanol–water partition coefficient (Wildman–Crippen LogP) is 1.75. The second-order valence-corrected chi connectivity index (χ2v) is 9.93. The minimum atomic E-state index is -3.61. The molecule has 25 heavy (non-hydrogen) atoms. The summed E-state index contributed by atoms with van der Waals surface area (Å²) in [6, 6.07) is 3.33. The van der Waals surface area contributed by atoms with Gasteiger partial charge in [0.05, 0.1) is 4.90 Å². The number of hydrogen-bond donors (Lipinski definition) is 1. The molecule has 0 bridgehead atoms. The van der Waals surface area contributed by atoms with Gasteiger partial charge in [0.2, 0.25) is 10.0 Å². The summed E-state index contributed by atoms with van der Waals surface area (Å²) in [4.78, 5) is 14.9.